The lowest BCUT2D eigenvalue weighted by molar-refractivity contribution is 0.667. The monoisotopic (exact) mass is 606 g/mol. The molecule has 0 aromatic heterocycles. The van der Waals surface area contributed by atoms with Gasteiger partial charge in [-0.05, 0) is 123 Å². The van der Waals surface area contributed by atoms with Crippen LogP contribution >= 0.6 is 0 Å². The lowest BCUT2D eigenvalue weighted by atomic mass is 9.67. The Morgan fingerprint density at radius 2 is 1.06 bits per heavy atom. The molecule has 0 amide bonds. The predicted octanol–water partition coefficient (Wildman–Crippen LogP) is 12.8. The fourth-order valence-corrected chi connectivity index (χ4v) is 8.88. The van der Waals surface area contributed by atoms with Crippen molar-refractivity contribution in [2.24, 2.45) is 5.92 Å². The first kappa shape index (κ1) is 26.1. The Morgan fingerprint density at radius 1 is 0.396 bits per heavy atom. The fraction of sp³-hybridized carbons (Fsp3) is 0.0417. The molecule has 0 spiro atoms. The van der Waals surface area contributed by atoms with E-state index in [1.807, 2.05) is 0 Å². The molecule has 8 aromatic rings. The van der Waals surface area contributed by atoms with Crippen LogP contribution in [0.3, 0.4) is 0 Å². The number of rotatable bonds is 3. The van der Waals surface area contributed by atoms with Gasteiger partial charge < -0.3 is 0 Å². The van der Waals surface area contributed by atoms with Crippen molar-refractivity contribution in [3.05, 3.63) is 186 Å². The van der Waals surface area contributed by atoms with E-state index >= 15 is 0 Å². The third-order valence-corrected chi connectivity index (χ3v) is 11.1. The molecule has 0 saturated carbocycles. The molecule has 2 atom stereocenters. The lowest BCUT2D eigenvalue weighted by Crippen LogP contribution is -2.21. The number of fused-ring (bicyclic) bond motifs is 1. The van der Waals surface area contributed by atoms with Gasteiger partial charge in [-0.2, -0.15) is 0 Å². The molecule has 8 aromatic carbocycles. The van der Waals surface area contributed by atoms with Crippen LogP contribution in [0.1, 0.15) is 28.2 Å². The Hall–Kier alpha value is -5.98. The highest BCUT2D eigenvalue weighted by Crippen LogP contribution is 2.51. The summed E-state index contributed by atoms with van der Waals surface area (Å²) in [5, 5.41) is 10.4. The van der Waals surface area contributed by atoms with Gasteiger partial charge in [0.05, 0.1) is 0 Å². The Kier molecular flexibility index (Phi) is 5.32. The molecule has 0 heterocycles. The van der Waals surface area contributed by atoms with Crippen molar-refractivity contribution in [1.29, 1.82) is 0 Å². The molecule has 222 valence electrons. The van der Waals surface area contributed by atoms with Crippen LogP contribution < -0.4 is 0 Å². The standard InChI is InChI=1S/C48H30/c1-2-6-36-25-37(16-11-29(36)5-1)38-26-39(41-21-17-34-14-12-30-7-3-9-32-19-23-43(41)47(34)45(30)32)28-40(27-38)42-22-18-35-15-13-31-8-4-10-33-20-24-44(42)48(35)46(31)33/h1-28,34,47H. The summed E-state index contributed by atoms with van der Waals surface area (Å²) in [5.74, 6) is 0.719. The third kappa shape index (κ3) is 3.72. The molecule has 11 rings (SSSR count). The quantitative estimate of drug-likeness (QED) is 0.176. The van der Waals surface area contributed by atoms with Crippen LogP contribution in [0.15, 0.2) is 163 Å². The second kappa shape index (κ2) is 9.77. The number of hydrogen-bond acceptors (Lipinski definition) is 0. The Labute approximate surface area is 279 Å². The number of hydrogen-bond donors (Lipinski definition) is 0. The lowest BCUT2D eigenvalue weighted by Gasteiger charge is -2.37. The highest BCUT2D eigenvalue weighted by molar-refractivity contribution is 6.25. The molecule has 0 bridgehead atoms. The largest absolute Gasteiger partial charge is 0.0761 e. The van der Waals surface area contributed by atoms with Gasteiger partial charge in [-0.25, -0.2) is 0 Å². The van der Waals surface area contributed by atoms with Gasteiger partial charge in [-0.3, -0.25) is 0 Å². The molecule has 0 aliphatic heterocycles. The van der Waals surface area contributed by atoms with Gasteiger partial charge in [0.25, 0.3) is 0 Å². The Balaban J connectivity index is 1.18. The molecule has 0 nitrogen and oxygen atoms in total. The summed E-state index contributed by atoms with van der Waals surface area (Å²) >= 11 is 0. The topological polar surface area (TPSA) is 0 Å². The van der Waals surface area contributed by atoms with Crippen molar-refractivity contribution in [1.82, 2.24) is 0 Å². The summed E-state index contributed by atoms with van der Waals surface area (Å²) < 4.78 is 0. The van der Waals surface area contributed by atoms with Crippen LogP contribution in [0.25, 0.3) is 83.1 Å². The van der Waals surface area contributed by atoms with Crippen LogP contribution in [-0.2, 0) is 0 Å². The maximum absolute atomic E-state index is 2.44. The summed E-state index contributed by atoms with van der Waals surface area (Å²) in [4.78, 5) is 0. The smallest absolute Gasteiger partial charge is 0.0205 e. The summed E-state index contributed by atoms with van der Waals surface area (Å²) in [6.07, 6.45) is 14.2. The van der Waals surface area contributed by atoms with Gasteiger partial charge in [-0.1, -0.05) is 146 Å². The first-order valence-corrected chi connectivity index (χ1v) is 17.0. The van der Waals surface area contributed by atoms with E-state index in [4.69, 9.17) is 0 Å². The molecule has 0 fully saturated rings. The SMILES string of the molecule is C1=CC2C=Cc3cccc4c3C2C(=C1c1cc(-c2ccc3ccccc3c2)cc(-c2ccc3ccc5cccc6ccc2c3c56)c1)C=C4. The molecular formula is C48H30. The molecular weight excluding hydrogens is 577 g/mol. The van der Waals surface area contributed by atoms with Gasteiger partial charge in [0.15, 0.2) is 0 Å². The van der Waals surface area contributed by atoms with Crippen LogP contribution in [0.5, 0.6) is 0 Å². The minimum absolute atomic E-state index is 0.341. The average molecular weight is 607 g/mol. The van der Waals surface area contributed by atoms with Gasteiger partial charge in [-0.15, -0.1) is 0 Å². The van der Waals surface area contributed by atoms with Crippen molar-refractivity contribution >= 4 is 60.8 Å². The predicted molar refractivity (Wildman–Crippen MR) is 205 cm³/mol. The summed E-state index contributed by atoms with van der Waals surface area (Å²) in [6, 6.07) is 50.1. The molecule has 0 heteroatoms. The maximum atomic E-state index is 2.44. The van der Waals surface area contributed by atoms with Crippen LogP contribution in [0.2, 0.25) is 0 Å². The Bertz CT molecular complexity index is 2770. The van der Waals surface area contributed by atoms with Crippen molar-refractivity contribution in [3.63, 3.8) is 0 Å². The van der Waals surface area contributed by atoms with E-state index in [2.05, 4.69) is 170 Å². The van der Waals surface area contributed by atoms with Gasteiger partial charge in [0.1, 0.15) is 0 Å². The molecule has 3 aliphatic rings. The maximum Gasteiger partial charge on any atom is 0.0205 e. The van der Waals surface area contributed by atoms with E-state index in [0.717, 1.165) is 0 Å². The van der Waals surface area contributed by atoms with E-state index in [9.17, 15) is 0 Å². The first-order valence-electron chi connectivity index (χ1n) is 17.0. The van der Waals surface area contributed by atoms with E-state index in [-0.39, 0.29) is 0 Å². The second-order valence-corrected chi connectivity index (χ2v) is 13.7. The zero-order valence-electron chi connectivity index (χ0n) is 26.3. The minimum Gasteiger partial charge on any atom is -0.0761 e. The zero-order valence-corrected chi connectivity index (χ0v) is 26.3. The first-order chi connectivity index (χ1) is 23.8. The Morgan fingerprint density at radius 3 is 1.96 bits per heavy atom. The number of allylic oxidation sites excluding steroid dienone is 6. The summed E-state index contributed by atoms with van der Waals surface area (Å²) in [7, 11) is 0. The average Bonchev–Trinajstić information content (AvgIpc) is 3.15. The summed E-state index contributed by atoms with van der Waals surface area (Å²) in [6.45, 7) is 0. The fourth-order valence-electron chi connectivity index (χ4n) is 8.88. The highest BCUT2D eigenvalue weighted by Gasteiger charge is 2.34. The second-order valence-electron chi connectivity index (χ2n) is 13.7. The van der Waals surface area contributed by atoms with E-state index in [1.54, 1.807) is 0 Å². The molecule has 0 radical (unpaired) electrons. The van der Waals surface area contributed by atoms with E-state index in [0.29, 0.717) is 11.8 Å². The summed E-state index contributed by atoms with van der Waals surface area (Å²) in [5.41, 5.74) is 13.2. The van der Waals surface area contributed by atoms with Gasteiger partial charge >= 0.3 is 0 Å². The minimum atomic E-state index is 0.341. The van der Waals surface area contributed by atoms with Crippen molar-refractivity contribution in [2.75, 3.05) is 0 Å². The van der Waals surface area contributed by atoms with E-state index < -0.39 is 0 Å². The molecule has 3 aliphatic carbocycles. The van der Waals surface area contributed by atoms with Crippen LogP contribution in [-0.4, -0.2) is 0 Å². The van der Waals surface area contributed by atoms with Gasteiger partial charge in [0, 0.05) is 11.8 Å². The molecule has 0 saturated heterocycles. The van der Waals surface area contributed by atoms with Crippen LogP contribution in [0.4, 0.5) is 0 Å². The molecule has 48 heavy (non-hydrogen) atoms. The van der Waals surface area contributed by atoms with Crippen molar-refractivity contribution in [3.8, 4) is 22.3 Å². The van der Waals surface area contributed by atoms with Crippen molar-refractivity contribution in [2.45, 2.75) is 5.92 Å². The van der Waals surface area contributed by atoms with E-state index in [1.165, 1.54) is 98.7 Å². The molecule has 0 N–H and O–H groups in total. The third-order valence-electron chi connectivity index (χ3n) is 11.1. The van der Waals surface area contributed by atoms with Crippen molar-refractivity contribution < 1.29 is 0 Å². The zero-order chi connectivity index (χ0) is 31.3. The molecule has 2 unspecified atom stereocenters. The highest BCUT2D eigenvalue weighted by atomic mass is 14.4. The van der Waals surface area contributed by atoms with Crippen LogP contribution in [0, 0.1) is 5.92 Å². The normalized spacial score (nSPS) is 17.7. The van der Waals surface area contributed by atoms with Gasteiger partial charge in [0.2, 0.25) is 0 Å². The number of benzene rings is 8.